The van der Waals surface area contributed by atoms with Crippen LogP contribution >= 0.6 is 0 Å². The van der Waals surface area contributed by atoms with Crippen molar-refractivity contribution in [2.45, 2.75) is 45.2 Å². The molecular weight excluding hydrogens is 614 g/mol. The Labute approximate surface area is 268 Å². The van der Waals surface area contributed by atoms with Crippen LogP contribution in [0.2, 0.25) is 0 Å². The number of amides is 4. The van der Waals surface area contributed by atoms with Crippen LogP contribution in [0.1, 0.15) is 40.9 Å². The fraction of sp³-hybridized carbons (Fsp3) is 0.250. The van der Waals surface area contributed by atoms with Gasteiger partial charge in [0.2, 0.25) is 17.7 Å². The number of carbonyl (C=O) groups is 6. The Morgan fingerprint density at radius 3 is 1.98 bits per heavy atom. The first kappa shape index (κ1) is 35.4. The molecule has 246 valence electrons. The van der Waals surface area contributed by atoms with E-state index in [1.54, 1.807) is 13.0 Å². The number of nitrogens with one attached hydrogen (secondary N) is 3. The fourth-order valence-electron chi connectivity index (χ4n) is 4.90. The van der Waals surface area contributed by atoms with Crippen LogP contribution in [0.5, 0.6) is 0 Å². The maximum atomic E-state index is 13.5. The summed E-state index contributed by atoms with van der Waals surface area (Å²) < 4.78 is 0. The number of aryl methyl sites for hydroxylation is 1. The fourth-order valence-corrected chi connectivity index (χ4v) is 4.90. The molecule has 0 heterocycles. The van der Waals surface area contributed by atoms with Crippen LogP contribution in [0.15, 0.2) is 66.7 Å². The van der Waals surface area contributed by atoms with E-state index in [9.17, 15) is 49.1 Å². The number of non-ortho nitro benzene ring substituents is 1. The molecule has 4 amide bonds. The van der Waals surface area contributed by atoms with E-state index in [4.69, 9.17) is 0 Å². The van der Waals surface area contributed by atoms with E-state index in [2.05, 4.69) is 16.0 Å². The molecule has 5 N–H and O–H groups in total. The van der Waals surface area contributed by atoms with Crippen molar-refractivity contribution < 1.29 is 43.9 Å². The number of nitro groups is 1. The van der Waals surface area contributed by atoms with E-state index in [1.807, 2.05) is 0 Å². The SMILES string of the molecule is CCc1cc(CC(NC(C)=O)C(=O)N[C@@H](Cc2ccc([N+](=O)[O-])cc2)C(=O)NC)ccc1N(C(=O)C(=O)O)c1ccccc1C(=O)O. The molecule has 0 saturated carbocycles. The van der Waals surface area contributed by atoms with Crippen molar-refractivity contribution in [2.75, 3.05) is 11.9 Å². The number of aliphatic carboxylic acids is 1. The second-order valence-electron chi connectivity index (χ2n) is 10.3. The average molecular weight is 648 g/mol. The van der Waals surface area contributed by atoms with E-state index in [-0.39, 0.29) is 41.9 Å². The molecule has 0 aliphatic carbocycles. The summed E-state index contributed by atoms with van der Waals surface area (Å²) in [4.78, 5) is 86.0. The number of aromatic carboxylic acids is 1. The molecule has 3 aromatic carbocycles. The molecule has 0 aliphatic rings. The summed E-state index contributed by atoms with van der Waals surface area (Å²) in [7, 11) is 1.38. The van der Waals surface area contributed by atoms with E-state index in [1.165, 1.54) is 74.6 Å². The third kappa shape index (κ3) is 8.97. The van der Waals surface area contributed by atoms with Crippen LogP contribution in [0.3, 0.4) is 0 Å². The van der Waals surface area contributed by atoms with E-state index in [0.717, 1.165) is 4.90 Å². The summed E-state index contributed by atoms with van der Waals surface area (Å²) in [5.74, 6) is -6.33. The van der Waals surface area contributed by atoms with Gasteiger partial charge in [0.05, 0.1) is 21.9 Å². The second kappa shape index (κ2) is 15.7. The first-order chi connectivity index (χ1) is 22.3. The van der Waals surface area contributed by atoms with Crippen LogP contribution in [0.4, 0.5) is 17.1 Å². The third-order valence-electron chi connectivity index (χ3n) is 7.13. The molecule has 0 radical (unpaired) electrons. The van der Waals surface area contributed by atoms with Gasteiger partial charge in [0, 0.05) is 38.9 Å². The zero-order valence-electron chi connectivity index (χ0n) is 25.7. The number of nitrogens with zero attached hydrogens (tertiary/aromatic N) is 2. The Hall–Kier alpha value is -6.12. The highest BCUT2D eigenvalue weighted by atomic mass is 16.6. The monoisotopic (exact) mass is 647 g/mol. The molecule has 0 spiro atoms. The lowest BCUT2D eigenvalue weighted by molar-refractivity contribution is -0.384. The number of carbonyl (C=O) groups excluding carboxylic acids is 4. The summed E-state index contributed by atoms with van der Waals surface area (Å²) in [6.45, 7) is 2.95. The van der Waals surface area contributed by atoms with Crippen molar-refractivity contribution >= 4 is 52.6 Å². The highest BCUT2D eigenvalue weighted by Crippen LogP contribution is 2.33. The lowest BCUT2D eigenvalue weighted by Gasteiger charge is -2.26. The summed E-state index contributed by atoms with van der Waals surface area (Å²) in [6, 6.07) is 13.2. The van der Waals surface area contributed by atoms with Gasteiger partial charge in [-0.3, -0.25) is 34.2 Å². The Kier molecular flexibility index (Phi) is 11.8. The predicted molar refractivity (Wildman–Crippen MR) is 168 cm³/mol. The number of carboxylic acids is 2. The number of rotatable bonds is 13. The van der Waals surface area contributed by atoms with E-state index < -0.39 is 52.6 Å². The zero-order valence-corrected chi connectivity index (χ0v) is 25.7. The largest absolute Gasteiger partial charge is 0.478 e. The second-order valence-corrected chi connectivity index (χ2v) is 10.3. The van der Waals surface area contributed by atoms with Gasteiger partial charge in [0.1, 0.15) is 12.1 Å². The highest BCUT2D eigenvalue weighted by molar-refractivity contribution is 6.39. The molecule has 0 aliphatic heterocycles. The van der Waals surface area contributed by atoms with Gasteiger partial charge in [0.15, 0.2) is 0 Å². The van der Waals surface area contributed by atoms with Crippen molar-refractivity contribution in [3.63, 3.8) is 0 Å². The molecule has 1 unspecified atom stereocenters. The minimum absolute atomic E-state index is 0.00383. The number of para-hydroxylation sites is 1. The van der Waals surface area contributed by atoms with Gasteiger partial charge in [0.25, 0.3) is 5.69 Å². The molecule has 0 fully saturated rings. The highest BCUT2D eigenvalue weighted by Gasteiger charge is 2.30. The van der Waals surface area contributed by atoms with Crippen molar-refractivity contribution in [2.24, 2.45) is 0 Å². The van der Waals surface area contributed by atoms with Crippen LogP contribution in [-0.2, 0) is 43.2 Å². The van der Waals surface area contributed by atoms with Gasteiger partial charge in [-0.05, 0) is 41.3 Å². The molecule has 0 saturated heterocycles. The molecule has 15 heteroatoms. The predicted octanol–water partition coefficient (Wildman–Crippen LogP) is 2.13. The molecule has 2 atom stereocenters. The van der Waals surface area contributed by atoms with Gasteiger partial charge in [-0.15, -0.1) is 0 Å². The van der Waals surface area contributed by atoms with Crippen LogP contribution in [0.25, 0.3) is 0 Å². The third-order valence-corrected chi connectivity index (χ3v) is 7.13. The van der Waals surface area contributed by atoms with Gasteiger partial charge < -0.3 is 26.2 Å². The number of benzene rings is 3. The summed E-state index contributed by atoms with van der Waals surface area (Å²) in [5, 5.41) is 37.9. The molecule has 0 bridgehead atoms. The summed E-state index contributed by atoms with van der Waals surface area (Å²) in [6.07, 6.45) is 0.193. The smallest absolute Gasteiger partial charge is 0.395 e. The van der Waals surface area contributed by atoms with E-state index >= 15 is 0 Å². The number of likely N-dealkylation sites (N-methyl/N-ethyl adjacent to an activating group) is 1. The van der Waals surface area contributed by atoms with Crippen molar-refractivity contribution in [3.8, 4) is 0 Å². The first-order valence-electron chi connectivity index (χ1n) is 14.3. The van der Waals surface area contributed by atoms with Crippen molar-refractivity contribution in [3.05, 3.63) is 99.1 Å². The summed E-state index contributed by atoms with van der Waals surface area (Å²) >= 11 is 0. The van der Waals surface area contributed by atoms with Crippen molar-refractivity contribution in [1.29, 1.82) is 0 Å². The minimum atomic E-state index is -1.81. The van der Waals surface area contributed by atoms with Crippen LogP contribution < -0.4 is 20.9 Å². The maximum absolute atomic E-state index is 13.5. The number of hydrogen-bond donors (Lipinski definition) is 5. The Morgan fingerprint density at radius 1 is 0.830 bits per heavy atom. The molecule has 47 heavy (non-hydrogen) atoms. The molecule has 3 aromatic rings. The number of hydrogen-bond acceptors (Lipinski definition) is 8. The Balaban J connectivity index is 1.95. The molecular formula is C32H33N5O10. The molecule has 15 nitrogen and oxygen atoms in total. The first-order valence-corrected chi connectivity index (χ1v) is 14.3. The molecule has 0 aromatic heterocycles. The standard InChI is InChI=1S/C32H33N5O10/c1-4-21-15-20(11-14-26(21)36(30(41)32(44)45)27-8-6-5-7-23(27)31(42)43)17-25(34-18(2)38)29(40)35-24(28(39)33-3)16-19-9-12-22(13-10-19)37(46)47/h5-15,24-25H,4,16-17H2,1-3H3,(H,33,39)(H,34,38)(H,35,40)(H,42,43)(H,44,45)/t24-,25?/m0/s1. The van der Waals surface area contributed by atoms with Gasteiger partial charge in [-0.2, -0.15) is 0 Å². The van der Waals surface area contributed by atoms with E-state index in [0.29, 0.717) is 16.7 Å². The maximum Gasteiger partial charge on any atom is 0.395 e. The Morgan fingerprint density at radius 2 is 1.43 bits per heavy atom. The van der Waals surface area contributed by atoms with Crippen molar-refractivity contribution in [1.82, 2.24) is 16.0 Å². The lowest BCUT2D eigenvalue weighted by atomic mass is 9.98. The zero-order chi connectivity index (χ0) is 34.8. The topological polar surface area (TPSA) is 225 Å². The van der Waals surface area contributed by atoms with Gasteiger partial charge >= 0.3 is 17.8 Å². The average Bonchev–Trinajstić information content (AvgIpc) is 3.04. The Bertz CT molecular complexity index is 1710. The number of anilines is 2. The molecule has 3 rings (SSSR count). The quantitative estimate of drug-likeness (QED) is 0.103. The van der Waals surface area contributed by atoms with Gasteiger partial charge in [-0.1, -0.05) is 43.3 Å². The number of carboxylic acid groups (broad SMARTS) is 2. The normalized spacial score (nSPS) is 11.8. The van der Waals surface area contributed by atoms with Crippen LogP contribution in [0, 0.1) is 10.1 Å². The minimum Gasteiger partial charge on any atom is -0.478 e. The number of nitro benzene ring substituents is 1. The van der Waals surface area contributed by atoms with Crippen LogP contribution in [-0.4, -0.2) is 69.8 Å². The van der Waals surface area contributed by atoms with Gasteiger partial charge in [-0.25, -0.2) is 9.59 Å². The summed E-state index contributed by atoms with van der Waals surface area (Å²) in [5.41, 5.74) is 1.00. The lowest BCUT2D eigenvalue weighted by Crippen LogP contribution is -2.54.